The van der Waals surface area contributed by atoms with Gasteiger partial charge in [0.2, 0.25) is 0 Å². The van der Waals surface area contributed by atoms with Gasteiger partial charge in [-0.3, -0.25) is 0 Å². The molecular formula is C22H17N5. The van der Waals surface area contributed by atoms with Crippen molar-refractivity contribution in [2.45, 2.75) is 13.0 Å². The Morgan fingerprint density at radius 1 is 1.04 bits per heavy atom. The molecule has 0 aliphatic carbocycles. The number of aliphatic imine (C=N–C) groups is 1. The smallest absolute Gasteiger partial charge is 0.175 e. The number of likely N-dealkylation sites (N-methyl/N-ethyl adjacent to an activating group) is 1. The van der Waals surface area contributed by atoms with Crippen LogP contribution in [0.3, 0.4) is 0 Å². The lowest BCUT2D eigenvalue weighted by molar-refractivity contribution is 0.333. The number of nitrogens with one attached hydrogen (secondary N) is 1. The molecule has 4 rings (SSSR count). The second-order valence-electron chi connectivity index (χ2n) is 6.26. The Hall–Kier alpha value is -3.83. The molecule has 0 saturated heterocycles. The summed E-state index contributed by atoms with van der Waals surface area (Å²) >= 11 is 0. The Labute approximate surface area is 157 Å². The number of nitriles is 2. The third kappa shape index (κ3) is 2.67. The van der Waals surface area contributed by atoms with Crippen molar-refractivity contribution >= 4 is 16.6 Å². The fourth-order valence-corrected chi connectivity index (χ4v) is 3.65. The number of aromatic amines is 1. The van der Waals surface area contributed by atoms with Gasteiger partial charge in [-0.25, -0.2) is 4.99 Å². The highest BCUT2D eigenvalue weighted by molar-refractivity contribution is 6.08. The Balaban J connectivity index is 2.00. The number of H-pyrrole nitrogens is 1. The number of hydrogen-bond acceptors (Lipinski definition) is 4. The molecule has 2 aromatic carbocycles. The van der Waals surface area contributed by atoms with Crippen LogP contribution < -0.4 is 0 Å². The summed E-state index contributed by atoms with van der Waals surface area (Å²) in [6.45, 7) is 2.58. The van der Waals surface area contributed by atoms with Crippen molar-refractivity contribution < 1.29 is 0 Å². The zero-order chi connectivity index (χ0) is 18.8. The van der Waals surface area contributed by atoms with E-state index < -0.39 is 0 Å². The highest BCUT2D eigenvalue weighted by Crippen LogP contribution is 2.37. The first-order chi connectivity index (χ1) is 13.3. The Kier molecular flexibility index (Phi) is 4.20. The van der Waals surface area contributed by atoms with E-state index in [1.54, 1.807) is 0 Å². The summed E-state index contributed by atoms with van der Waals surface area (Å²) in [7, 11) is 0. The highest BCUT2D eigenvalue weighted by atomic mass is 15.2. The number of benzene rings is 2. The van der Waals surface area contributed by atoms with Gasteiger partial charge in [-0.05, 0) is 18.6 Å². The van der Waals surface area contributed by atoms with Gasteiger partial charge >= 0.3 is 0 Å². The van der Waals surface area contributed by atoms with Gasteiger partial charge < -0.3 is 9.88 Å². The number of para-hydroxylation sites is 1. The molecule has 5 heteroatoms. The van der Waals surface area contributed by atoms with Gasteiger partial charge in [0.05, 0.1) is 5.71 Å². The molecule has 0 amide bonds. The van der Waals surface area contributed by atoms with Gasteiger partial charge in [-0.2, -0.15) is 10.5 Å². The molecule has 3 aromatic rings. The standard InChI is InChI=1S/C22H17N5/c1-2-27-20(13-24)19(12-23)26-21(15-8-4-3-5-9-15)22(27)17-14-25-18-11-7-6-10-16(17)18/h3-11,14,22,25H,2H2,1H3. The summed E-state index contributed by atoms with van der Waals surface area (Å²) in [5, 5.41) is 20.3. The van der Waals surface area contributed by atoms with Crippen LogP contribution in [0.4, 0.5) is 0 Å². The second-order valence-corrected chi connectivity index (χ2v) is 6.26. The minimum Gasteiger partial charge on any atom is -0.361 e. The van der Waals surface area contributed by atoms with Crippen LogP contribution >= 0.6 is 0 Å². The van der Waals surface area contributed by atoms with E-state index in [2.05, 4.69) is 28.2 Å². The van der Waals surface area contributed by atoms with Gasteiger partial charge in [-0.15, -0.1) is 0 Å². The maximum absolute atomic E-state index is 9.70. The molecule has 1 aliphatic heterocycles. The molecule has 0 radical (unpaired) electrons. The van der Waals surface area contributed by atoms with Crippen molar-refractivity contribution in [1.29, 1.82) is 10.5 Å². The molecule has 0 spiro atoms. The van der Waals surface area contributed by atoms with Gasteiger partial charge in [-0.1, -0.05) is 48.5 Å². The number of aromatic nitrogens is 1. The molecule has 0 bridgehead atoms. The fraction of sp³-hybridized carbons (Fsp3) is 0.136. The maximum atomic E-state index is 9.70. The van der Waals surface area contributed by atoms with Crippen LogP contribution in [0, 0.1) is 22.7 Å². The quantitative estimate of drug-likeness (QED) is 0.764. The van der Waals surface area contributed by atoms with Gasteiger partial charge in [0.15, 0.2) is 11.4 Å². The third-order valence-corrected chi connectivity index (χ3v) is 4.85. The SMILES string of the molecule is CCN1C(C#N)=C(C#N)N=C(c2ccccc2)C1c1c[nH]c2ccccc12. The summed E-state index contributed by atoms with van der Waals surface area (Å²) in [4.78, 5) is 9.90. The largest absolute Gasteiger partial charge is 0.361 e. The lowest BCUT2D eigenvalue weighted by atomic mass is 9.92. The van der Waals surface area contributed by atoms with E-state index in [9.17, 15) is 10.5 Å². The summed E-state index contributed by atoms with van der Waals surface area (Å²) in [6, 6.07) is 21.9. The van der Waals surface area contributed by atoms with Crippen LogP contribution in [0.15, 0.2) is 77.2 Å². The van der Waals surface area contributed by atoms with E-state index in [4.69, 9.17) is 0 Å². The van der Waals surface area contributed by atoms with Gasteiger partial charge in [0.25, 0.3) is 0 Å². The third-order valence-electron chi connectivity index (χ3n) is 4.85. The van der Waals surface area contributed by atoms with Crippen molar-refractivity contribution in [2.24, 2.45) is 4.99 Å². The van der Waals surface area contributed by atoms with Crippen molar-refractivity contribution in [1.82, 2.24) is 9.88 Å². The number of hydrogen-bond donors (Lipinski definition) is 1. The predicted molar refractivity (Wildman–Crippen MR) is 105 cm³/mol. The molecule has 5 nitrogen and oxygen atoms in total. The molecule has 1 aromatic heterocycles. The molecule has 1 N–H and O–H groups in total. The van der Waals surface area contributed by atoms with Crippen LogP contribution in [-0.4, -0.2) is 22.1 Å². The minimum atomic E-state index is -0.250. The van der Waals surface area contributed by atoms with E-state index in [1.807, 2.05) is 66.6 Å². The van der Waals surface area contributed by atoms with Crippen LogP contribution in [-0.2, 0) is 0 Å². The Morgan fingerprint density at radius 2 is 1.78 bits per heavy atom. The van der Waals surface area contributed by atoms with Crippen molar-refractivity contribution in [2.75, 3.05) is 6.54 Å². The number of allylic oxidation sites excluding steroid dienone is 2. The fourth-order valence-electron chi connectivity index (χ4n) is 3.65. The lowest BCUT2D eigenvalue weighted by Crippen LogP contribution is -2.37. The number of rotatable bonds is 3. The first kappa shape index (κ1) is 16.6. The molecule has 1 atom stereocenters. The molecule has 2 heterocycles. The highest BCUT2D eigenvalue weighted by Gasteiger charge is 2.34. The van der Waals surface area contributed by atoms with E-state index in [1.165, 1.54) is 0 Å². The zero-order valence-electron chi connectivity index (χ0n) is 14.8. The first-order valence-electron chi connectivity index (χ1n) is 8.79. The number of fused-ring (bicyclic) bond motifs is 1. The molecule has 1 aliphatic rings. The monoisotopic (exact) mass is 351 g/mol. The zero-order valence-corrected chi connectivity index (χ0v) is 14.8. The summed E-state index contributed by atoms with van der Waals surface area (Å²) in [6.07, 6.45) is 1.98. The second kappa shape index (κ2) is 6.82. The predicted octanol–water partition coefficient (Wildman–Crippen LogP) is 4.29. The normalized spacial score (nSPS) is 16.8. The van der Waals surface area contributed by atoms with Crippen LogP contribution in [0.1, 0.15) is 24.1 Å². The van der Waals surface area contributed by atoms with E-state index in [0.717, 1.165) is 27.7 Å². The van der Waals surface area contributed by atoms with Gasteiger partial charge in [0.1, 0.15) is 18.2 Å². The summed E-state index contributed by atoms with van der Waals surface area (Å²) in [5.74, 6) is 0. The van der Waals surface area contributed by atoms with E-state index in [0.29, 0.717) is 12.2 Å². The van der Waals surface area contributed by atoms with Crippen molar-refractivity contribution in [3.63, 3.8) is 0 Å². The van der Waals surface area contributed by atoms with Crippen LogP contribution in [0.25, 0.3) is 10.9 Å². The average molecular weight is 351 g/mol. The average Bonchev–Trinajstić information content (AvgIpc) is 3.16. The number of nitrogens with zero attached hydrogens (tertiary/aromatic N) is 4. The van der Waals surface area contributed by atoms with E-state index in [-0.39, 0.29) is 11.7 Å². The summed E-state index contributed by atoms with van der Waals surface area (Å²) in [5.41, 5.74) is 4.27. The molecule has 1 unspecified atom stereocenters. The molecule has 130 valence electrons. The molecular weight excluding hydrogens is 334 g/mol. The van der Waals surface area contributed by atoms with Crippen molar-refractivity contribution in [3.05, 3.63) is 83.3 Å². The van der Waals surface area contributed by atoms with Crippen LogP contribution in [0.5, 0.6) is 0 Å². The molecule has 0 fully saturated rings. The molecule has 27 heavy (non-hydrogen) atoms. The Bertz CT molecular complexity index is 1140. The maximum Gasteiger partial charge on any atom is 0.175 e. The van der Waals surface area contributed by atoms with Crippen LogP contribution in [0.2, 0.25) is 0 Å². The molecule has 0 saturated carbocycles. The van der Waals surface area contributed by atoms with Crippen molar-refractivity contribution in [3.8, 4) is 12.1 Å². The topological polar surface area (TPSA) is 79.0 Å². The lowest BCUT2D eigenvalue weighted by Gasteiger charge is -2.36. The minimum absolute atomic E-state index is 0.161. The van der Waals surface area contributed by atoms with Gasteiger partial charge in [0, 0.05) is 29.2 Å². The van der Waals surface area contributed by atoms with E-state index >= 15 is 0 Å². The summed E-state index contributed by atoms with van der Waals surface area (Å²) < 4.78 is 0. The first-order valence-corrected chi connectivity index (χ1v) is 8.79. The Morgan fingerprint density at radius 3 is 2.48 bits per heavy atom.